The van der Waals surface area contributed by atoms with Gasteiger partial charge >= 0.3 is 0 Å². The van der Waals surface area contributed by atoms with Gasteiger partial charge in [-0.2, -0.15) is 0 Å². The minimum atomic E-state index is 0.497. The number of ether oxygens (including phenoxy) is 1. The lowest BCUT2D eigenvalue weighted by molar-refractivity contribution is 0.119. The largest absolute Gasteiger partial charge is 0.372 e. The van der Waals surface area contributed by atoms with Crippen molar-refractivity contribution in [3.8, 4) is 0 Å². The van der Waals surface area contributed by atoms with Crippen LogP contribution in [0.5, 0.6) is 0 Å². The van der Waals surface area contributed by atoms with Crippen LogP contribution >= 0.6 is 0 Å². The molecule has 1 aromatic rings. The van der Waals surface area contributed by atoms with Gasteiger partial charge in [-0.15, -0.1) is 10.2 Å². The minimum Gasteiger partial charge on any atom is -0.372 e. The lowest BCUT2D eigenvalue weighted by atomic mass is 10.4. The Hall–Kier alpha value is -0.940. The lowest BCUT2D eigenvalue weighted by Gasteiger charge is -2.04. The molecule has 74 valence electrons. The van der Waals surface area contributed by atoms with Crippen LogP contribution in [0.1, 0.15) is 19.2 Å². The Morgan fingerprint density at radius 1 is 1.62 bits per heavy atom. The molecule has 0 bridgehead atoms. The van der Waals surface area contributed by atoms with Crippen molar-refractivity contribution in [3.05, 3.63) is 12.2 Å². The van der Waals surface area contributed by atoms with Gasteiger partial charge < -0.3 is 15.0 Å². The predicted molar refractivity (Wildman–Crippen MR) is 49.0 cm³/mol. The van der Waals surface area contributed by atoms with E-state index in [1.54, 1.807) is 6.33 Å². The number of hydrogen-bond donors (Lipinski definition) is 1. The van der Waals surface area contributed by atoms with Gasteiger partial charge in [0.2, 0.25) is 0 Å². The molecule has 0 atom stereocenters. The van der Waals surface area contributed by atoms with Crippen molar-refractivity contribution < 1.29 is 4.74 Å². The molecule has 0 unspecified atom stereocenters. The molecule has 1 rings (SSSR count). The second kappa shape index (κ2) is 5.66. The summed E-state index contributed by atoms with van der Waals surface area (Å²) in [6.45, 7) is 4.66. The highest BCUT2D eigenvalue weighted by atomic mass is 16.5. The first-order valence-corrected chi connectivity index (χ1v) is 4.53. The molecule has 13 heavy (non-hydrogen) atoms. The average molecular weight is 184 g/mol. The first-order valence-electron chi connectivity index (χ1n) is 4.53. The molecule has 0 aromatic carbocycles. The molecular formula is C8H16N4O. The number of aryl methyl sites for hydroxylation is 1. The van der Waals surface area contributed by atoms with Crippen molar-refractivity contribution in [2.45, 2.75) is 26.5 Å². The highest BCUT2D eigenvalue weighted by Crippen LogP contribution is 1.98. The lowest BCUT2D eigenvalue weighted by Crippen LogP contribution is -2.11. The van der Waals surface area contributed by atoms with Crippen LogP contribution in [-0.2, 0) is 17.9 Å². The van der Waals surface area contributed by atoms with E-state index in [0.717, 1.165) is 18.8 Å². The molecule has 1 heterocycles. The summed E-state index contributed by atoms with van der Waals surface area (Å²) in [4.78, 5) is 0. The zero-order valence-corrected chi connectivity index (χ0v) is 7.94. The summed E-state index contributed by atoms with van der Waals surface area (Å²) in [6.07, 6.45) is 2.80. The van der Waals surface area contributed by atoms with E-state index in [0.29, 0.717) is 19.8 Å². The Morgan fingerprint density at radius 3 is 3.15 bits per heavy atom. The summed E-state index contributed by atoms with van der Waals surface area (Å²) in [5.74, 6) is 0.871. The van der Waals surface area contributed by atoms with Crippen LogP contribution in [0.2, 0.25) is 0 Å². The first kappa shape index (κ1) is 10.1. The van der Waals surface area contributed by atoms with Crippen molar-refractivity contribution in [1.29, 1.82) is 0 Å². The fourth-order valence-corrected chi connectivity index (χ4v) is 1.07. The molecule has 0 aliphatic carbocycles. The summed E-state index contributed by atoms with van der Waals surface area (Å²) in [5.41, 5.74) is 5.30. The third-order valence-electron chi connectivity index (χ3n) is 1.65. The van der Waals surface area contributed by atoms with Gasteiger partial charge in [-0.25, -0.2) is 0 Å². The molecule has 0 aliphatic heterocycles. The average Bonchev–Trinajstić information content (AvgIpc) is 2.54. The van der Waals surface area contributed by atoms with Gasteiger partial charge in [0.15, 0.2) is 5.82 Å². The number of aromatic nitrogens is 3. The molecule has 5 heteroatoms. The molecule has 0 radical (unpaired) electrons. The van der Waals surface area contributed by atoms with Crippen LogP contribution in [0.3, 0.4) is 0 Å². The van der Waals surface area contributed by atoms with E-state index in [1.807, 2.05) is 4.57 Å². The molecular weight excluding hydrogens is 168 g/mol. The molecule has 0 saturated heterocycles. The Labute approximate surface area is 77.9 Å². The van der Waals surface area contributed by atoms with Crippen LogP contribution in [-0.4, -0.2) is 27.9 Å². The molecule has 5 nitrogen and oxygen atoms in total. The Kier molecular flexibility index (Phi) is 4.42. The Balaban J connectivity index is 2.40. The molecule has 0 saturated carbocycles. The second-order valence-electron chi connectivity index (χ2n) is 2.78. The second-order valence-corrected chi connectivity index (χ2v) is 2.78. The third kappa shape index (κ3) is 3.12. The first-order chi connectivity index (χ1) is 6.38. The molecule has 1 aromatic heterocycles. The summed E-state index contributed by atoms with van der Waals surface area (Å²) in [5, 5.41) is 7.77. The van der Waals surface area contributed by atoms with E-state index in [2.05, 4.69) is 17.1 Å². The summed E-state index contributed by atoms with van der Waals surface area (Å²) < 4.78 is 7.26. The topological polar surface area (TPSA) is 66.0 Å². The fraction of sp³-hybridized carbons (Fsp3) is 0.750. The van der Waals surface area contributed by atoms with E-state index < -0.39 is 0 Å². The van der Waals surface area contributed by atoms with Gasteiger partial charge in [0.25, 0.3) is 0 Å². The van der Waals surface area contributed by atoms with Crippen molar-refractivity contribution in [2.75, 3.05) is 13.2 Å². The Bertz CT molecular complexity index is 236. The van der Waals surface area contributed by atoms with E-state index in [1.165, 1.54) is 0 Å². The van der Waals surface area contributed by atoms with Gasteiger partial charge in [-0.05, 0) is 6.42 Å². The number of nitrogens with two attached hydrogens (primary N) is 1. The van der Waals surface area contributed by atoms with Crippen LogP contribution in [0.4, 0.5) is 0 Å². The summed E-state index contributed by atoms with van der Waals surface area (Å²) >= 11 is 0. The number of hydrogen-bond acceptors (Lipinski definition) is 4. The van der Waals surface area contributed by atoms with Crippen LogP contribution in [0, 0.1) is 0 Å². The SMILES string of the molecule is CCCn1cnnc1COCCN. The van der Waals surface area contributed by atoms with Crippen LogP contribution < -0.4 is 5.73 Å². The number of nitrogens with zero attached hydrogens (tertiary/aromatic N) is 3. The van der Waals surface area contributed by atoms with Gasteiger partial charge in [0, 0.05) is 13.1 Å². The van der Waals surface area contributed by atoms with Crippen molar-refractivity contribution in [3.63, 3.8) is 0 Å². The maximum absolute atomic E-state index is 5.30. The molecule has 0 fully saturated rings. The monoisotopic (exact) mass is 184 g/mol. The molecule has 0 aliphatic rings. The third-order valence-corrected chi connectivity index (χ3v) is 1.65. The van der Waals surface area contributed by atoms with E-state index >= 15 is 0 Å². The highest BCUT2D eigenvalue weighted by molar-refractivity contribution is 4.82. The smallest absolute Gasteiger partial charge is 0.158 e. The highest BCUT2D eigenvalue weighted by Gasteiger charge is 2.02. The minimum absolute atomic E-state index is 0.497. The maximum atomic E-state index is 5.30. The normalized spacial score (nSPS) is 10.6. The van der Waals surface area contributed by atoms with Crippen LogP contribution in [0.25, 0.3) is 0 Å². The van der Waals surface area contributed by atoms with Gasteiger partial charge in [0.05, 0.1) is 6.61 Å². The fourth-order valence-electron chi connectivity index (χ4n) is 1.07. The van der Waals surface area contributed by atoms with E-state index in [9.17, 15) is 0 Å². The van der Waals surface area contributed by atoms with Crippen LogP contribution in [0.15, 0.2) is 6.33 Å². The molecule has 0 amide bonds. The zero-order chi connectivity index (χ0) is 9.52. The summed E-state index contributed by atoms with van der Waals surface area (Å²) in [6, 6.07) is 0. The summed E-state index contributed by atoms with van der Waals surface area (Å²) in [7, 11) is 0. The van der Waals surface area contributed by atoms with Crippen molar-refractivity contribution >= 4 is 0 Å². The van der Waals surface area contributed by atoms with E-state index in [4.69, 9.17) is 10.5 Å². The molecule has 2 N–H and O–H groups in total. The zero-order valence-electron chi connectivity index (χ0n) is 7.94. The standard InChI is InChI=1S/C8H16N4O/c1-2-4-12-7-10-11-8(12)6-13-5-3-9/h7H,2-6,9H2,1H3. The predicted octanol–water partition coefficient (Wildman–Crippen LogP) is 0.163. The Morgan fingerprint density at radius 2 is 2.46 bits per heavy atom. The maximum Gasteiger partial charge on any atom is 0.158 e. The van der Waals surface area contributed by atoms with Gasteiger partial charge in [-0.3, -0.25) is 0 Å². The van der Waals surface area contributed by atoms with E-state index in [-0.39, 0.29) is 0 Å². The van der Waals surface area contributed by atoms with Crippen molar-refractivity contribution in [1.82, 2.24) is 14.8 Å². The van der Waals surface area contributed by atoms with Gasteiger partial charge in [0.1, 0.15) is 12.9 Å². The molecule has 0 spiro atoms. The quantitative estimate of drug-likeness (QED) is 0.640. The van der Waals surface area contributed by atoms with Gasteiger partial charge in [-0.1, -0.05) is 6.92 Å². The van der Waals surface area contributed by atoms with Crippen molar-refractivity contribution in [2.24, 2.45) is 5.73 Å². The number of rotatable bonds is 6.